The van der Waals surface area contributed by atoms with Gasteiger partial charge in [-0.1, -0.05) is 0 Å². The summed E-state index contributed by atoms with van der Waals surface area (Å²) in [4.78, 5) is 31.5. The van der Waals surface area contributed by atoms with Crippen LogP contribution in [0.2, 0.25) is 0 Å². The Morgan fingerprint density at radius 2 is 2.11 bits per heavy atom. The molecule has 19 heavy (non-hydrogen) atoms. The second-order valence-corrected chi connectivity index (χ2v) is 5.11. The fourth-order valence-corrected chi connectivity index (χ4v) is 2.26. The lowest BCUT2D eigenvalue weighted by molar-refractivity contribution is -0.144. The third-order valence-corrected chi connectivity index (χ3v) is 3.44. The molecule has 102 valence electrons. The highest BCUT2D eigenvalue weighted by Gasteiger charge is 2.43. The maximum Gasteiger partial charge on any atom is 0.277 e. The first-order valence-electron chi connectivity index (χ1n) is 6.07. The number of carbonyl (C=O) groups excluding carboxylic acids is 2. The number of rotatable bonds is 1. The third kappa shape index (κ3) is 2.14. The molecule has 2 amide bonds. The summed E-state index contributed by atoms with van der Waals surface area (Å²) in [6.45, 7) is 4.29. The minimum Gasteiger partial charge on any atom is -0.505 e. The van der Waals surface area contributed by atoms with Gasteiger partial charge < -0.3 is 14.9 Å². The number of aromatic nitrogens is 1. The number of hydrogen-bond acceptors (Lipinski definition) is 4. The molecule has 0 aromatic carbocycles. The van der Waals surface area contributed by atoms with E-state index >= 15 is 0 Å². The van der Waals surface area contributed by atoms with Crippen molar-refractivity contribution in [2.45, 2.75) is 19.4 Å². The van der Waals surface area contributed by atoms with Gasteiger partial charge in [-0.15, -0.1) is 0 Å². The fraction of sp³-hybridized carbons (Fsp3) is 0.462. The molecule has 0 aliphatic carbocycles. The summed E-state index contributed by atoms with van der Waals surface area (Å²) in [6, 6.07) is 2.96. The third-order valence-electron chi connectivity index (χ3n) is 3.44. The summed E-state index contributed by atoms with van der Waals surface area (Å²) in [7, 11) is 1.71. The lowest BCUT2D eigenvalue weighted by atomic mass is 9.97. The molecule has 0 bridgehead atoms. The number of likely N-dealkylation sites (N-methyl/N-ethyl adjacent to an activating group) is 1. The summed E-state index contributed by atoms with van der Waals surface area (Å²) in [5.74, 6) is -0.721. The van der Waals surface area contributed by atoms with E-state index in [1.54, 1.807) is 31.9 Å². The van der Waals surface area contributed by atoms with Gasteiger partial charge in [0.2, 0.25) is 5.91 Å². The molecule has 0 atom stereocenters. The second kappa shape index (κ2) is 4.53. The van der Waals surface area contributed by atoms with Crippen LogP contribution >= 0.6 is 0 Å². The molecule has 1 aromatic rings. The summed E-state index contributed by atoms with van der Waals surface area (Å²) in [5, 5.41) is 9.69. The molecule has 0 saturated carbocycles. The standard InChI is InChI=1S/C13H17N3O3/c1-13(2)12(19)15(3)7-8-16(13)11(18)10-9(17)5-4-6-14-10/h4-6,17H,7-8H2,1-3H3. The first-order chi connectivity index (χ1) is 8.85. The molecule has 6 nitrogen and oxygen atoms in total. The number of piperazine rings is 1. The molecule has 0 unspecified atom stereocenters. The summed E-state index contributed by atoms with van der Waals surface area (Å²) in [6.07, 6.45) is 1.44. The molecular weight excluding hydrogens is 246 g/mol. The average molecular weight is 263 g/mol. The van der Waals surface area contributed by atoms with Crippen LogP contribution in [0.1, 0.15) is 24.3 Å². The zero-order chi connectivity index (χ0) is 14.2. The molecule has 2 rings (SSSR count). The Labute approximate surface area is 111 Å². The van der Waals surface area contributed by atoms with Crippen molar-refractivity contribution in [3.63, 3.8) is 0 Å². The molecule has 1 saturated heterocycles. The van der Waals surface area contributed by atoms with E-state index in [4.69, 9.17) is 0 Å². The molecule has 1 aromatic heterocycles. The van der Waals surface area contributed by atoms with Crippen LogP contribution in [0.15, 0.2) is 18.3 Å². The predicted molar refractivity (Wildman–Crippen MR) is 68.7 cm³/mol. The van der Waals surface area contributed by atoms with Crippen LogP contribution in [0.5, 0.6) is 5.75 Å². The minimum absolute atomic E-state index is 0.0204. The highest BCUT2D eigenvalue weighted by atomic mass is 16.3. The van der Waals surface area contributed by atoms with Gasteiger partial charge in [-0.2, -0.15) is 0 Å². The molecule has 2 heterocycles. The molecule has 6 heteroatoms. The van der Waals surface area contributed by atoms with Gasteiger partial charge in [0, 0.05) is 26.3 Å². The van der Waals surface area contributed by atoms with E-state index in [9.17, 15) is 14.7 Å². The van der Waals surface area contributed by atoms with Gasteiger partial charge in [-0.05, 0) is 26.0 Å². The van der Waals surface area contributed by atoms with Gasteiger partial charge >= 0.3 is 0 Å². The van der Waals surface area contributed by atoms with E-state index in [-0.39, 0.29) is 17.4 Å². The van der Waals surface area contributed by atoms with Crippen LogP contribution in [0.25, 0.3) is 0 Å². The Hall–Kier alpha value is -2.11. The van der Waals surface area contributed by atoms with Crippen LogP contribution in [0.4, 0.5) is 0 Å². The van der Waals surface area contributed by atoms with Crippen molar-refractivity contribution >= 4 is 11.8 Å². The van der Waals surface area contributed by atoms with Crippen molar-refractivity contribution in [2.75, 3.05) is 20.1 Å². The highest BCUT2D eigenvalue weighted by Crippen LogP contribution is 2.25. The fourth-order valence-electron chi connectivity index (χ4n) is 2.26. The van der Waals surface area contributed by atoms with Crippen molar-refractivity contribution in [2.24, 2.45) is 0 Å². The Bertz CT molecular complexity index is 528. The molecule has 1 aliphatic heterocycles. The summed E-state index contributed by atoms with van der Waals surface area (Å²) < 4.78 is 0. The predicted octanol–water partition coefficient (Wildman–Crippen LogP) is 0.480. The Kier molecular flexibility index (Phi) is 3.18. The number of nitrogens with zero attached hydrogens (tertiary/aromatic N) is 3. The van der Waals surface area contributed by atoms with E-state index in [0.29, 0.717) is 13.1 Å². The van der Waals surface area contributed by atoms with Crippen LogP contribution in [0, 0.1) is 0 Å². The average Bonchev–Trinajstić information content (AvgIpc) is 2.36. The lowest BCUT2D eigenvalue weighted by Gasteiger charge is -2.44. The van der Waals surface area contributed by atoms with E-state index in [1.165, 1.54) is 17.2 Å². The van der Waals surface area contributed by atoms with Gasteiger partial charge in [-0.3, -0.25) is 9.59 Å². The van der Waals surface area contributed by atoms with Gasteiger partial charge in [0.1, 0.15) is 11.3 Å². The van der Waals surface area contributed by atoms with Crippen molar-refractivity contribution < 1.29 is 14.7 Å². The van der Waals surface area contributed by atoms with Gasteiger partial charge in [0.15, 0.2) is 5.69 Å². The van der Waals surface area contributed by atoms with Crippen LogP contribution in [-0.4, -0.2) is 57.4 Å². The van der Waals surface area contributed by atoms with E-state index in [2.05, 4.69) is 4.98 Å². The van der Waals surface area contributed by atoms with Crippen molar-refractivity contribution in [1.29, 1.82) is 0 Å². The zero-order valence-corrected chi connectivity index (χ0v) is 11.3. The Balaban J connectivity index is 2.34. The molecule has 0 radical (unpaired) electrons. The number of aromatic hydroxyl groups is 1. The van der Waals surface area contributed by atoms with Gasteiger partial charge in [0.05, 0.1) is 0 Å². The molecule has 1 fully saturated rings. The molecular formula is C13H17N3O3. The van der Waals surface area contributed by atoms with Crippen LogP contribution in [0.3, 0.4) is 0 Å². The highest BCUT2D eigenvalue weighted by molar-refractivity contribution is 5.99. The van der Waals surface area contributed by atoms with E-state index < -0.39 is 11.4 Å². The van der Waals surface area contributed by atoms with Crippen molar-refractivity contribution in [3.05, 3.63) is 24.0 Å². The lowest BCUT2D eigenvalue weighted by Crippen LogP contribution is -2.63. The summed E-state index contributed by atoms with van der Waals surface area (Å²) >= 11 is 0. The van der Waals surface area contributed by atoms with Crippen LogP contribution in [-0.2, 0) is 4.79 Å². The smallest absolute Gasteiger partial charge is 0.277 e. The molecule has 1 aliphatic rings. The van der Waals surface area contributed by atoms with Gasteiger partial charge in [-0.25, -0.2) is 4.98 Å². The largest absolute Gasteiger partial charge is 0.505 e. The van der Waals surface area contributed by atoms with E-state index in [0.717, 1.165) is 0 Å². The number of hydrogen-bond donors (Lipinski definition) is 1. The minimum atomic E-state index is -0.936. The maximum absolute atomic E-state index is 12.4. The number of amides is 2. The quantitative estimate of drug-likeness (QED) is 0.799. The molecule has 1 N–H and O–H groups in total. The van der Waals surface area contributed by atoms with Crippen molar-refractivity contribution in [3.8, 4) is 5.75 Å². The monoisotopic (exact) mass is 263 g/mol. The first-order valence-corrected chi connectivity index (χ1v) is 6.07. The SMILES string of the molecule is CN1CCN(C(=O)c2ncccc2O)C(C)(C)C1=O. The number of carbonyl (C=O) groups is 2. The first kappa shape index (κ1) is 13.3. The van der Waals surface area contributed by atoms with Crippen molar-refractivity contribution in [1.82, 2.24) is 14.8 Å². The van der Waals surface area contributed by atoms with Crippen LogP contribution < -0.4 is 0 Å². The number of pyridine rings is 1. The Morgan fingerprint density at radius 3 is 2.74 bits per heavy atom. The summed E-state index contributed by atoms with van der Waals surface area (Å²) in [5.41, 5.74) is -0.957. The van der Waals surface area contributed by atoms with E-state index in [1.807, 2.05) is 0 Å². The molecule has 0 spiro atoms. The normalized spacial score (nSPS) is 18.6. The zero-order valence-electron chi connectivity index (χ0n) is 11.3. The topological polar surface area (TPSA) is 73.7 Å². The van der Waals surface area contributed by atoms with Gasteiger partial charge in [0.25, 0.3) is 5.91 Å². The second-order valence-electron chi connectivity index (χ2n) is 5.11. The maximum atomic E-state index is 12.4. The Morgan fingerprint density at radius 1 is 1.42 bits per heavy atom.